The fourth-order valence-electron chi connectivity index (χ4n) is 2.21. The molecule has 25 heavy (non-hydrogen) atoms. The van der Waals surface area contributed by atoms with Crippen LogP contribution in [0.5, 0.6) is 0 Å². The summed E-state index contributed by atoms with van der Waals surface area (Å²) in [5, 5.41) is 18.1. The summed E-state index contributed by atoms with van der Waals surface area (Å²) in [4.78, 5) is 36.5. The summed E-state index contributed by atoms with van der Waals surface area (Å²) in [6.07, 6.45) is -4.81. The van der Waals surface area contributed by atoms with Crippen LogP contribution >= 0.6 is 11.6 Å². The second-order valence-electron chi connectivity index (χ2n) is 4.80. The number of hydrogen-bond acceptors (Lipinski definition) is 4. The maximum Gasteiger partial charge on any atom is 0.416 e. The summed E-state index contributed by atoms with van der Waals surface area (Å²) in [6, 6.07) is 1.90. The number of aromatic nitrogens is 1. The third kappa shape index (κ3) is 3.29. The lowest BCUT2D eigenvalue weighted by molar-refractivity contribution is -0.137. The lowest BCUT2D eigenvalue weighted by atomic mass is 9.94. The summed E-state index contributed by atoms with van der Waals surface area (Å²) in [6.45, 7) is 0. The normalized spacial score (nSPS) is 11.4. The molecule has 2 rings (SSSR count). The Labute approximate surface area is 141 Å². The zero-order valence-electron chi connectivity index (χ0n) is 11.9. The lowest BCUT2D eigenvalue weighted by Crippen LogP contribution is -2.24. The molecule has 0 aliphatic heterocycles. The molecule has 0 spiro atoms. The SMILES string of the molecule is Nc1[nH]c(=O)c(C(=O)O)c(-c2cc(C(F)(F)F)ccc2Cl)c1C(=O)O. The molecule has 1 aromatic heterocycles. The van der Waals surface area contributed by atoms with E-state index in [0.29, 0.717) is 12.1 Å². The number of aromatic carboxylic acids is 2. The van der Waals surface area contributed by atoms with E-state index in [1.165, 1.54) is 0 Å². The van der Waals surface area contributed by atoms with Crippen LogP contribution in [0, 0.1) is 0 Å². The van der Waals surface area contributed by atoms with Crippen molar-refractivity contribution in [3.8, 4) is 11.1 Å². The molecule has 11 heteroatoms. The number of nitrogens with two attached hydrogens (primary N) is 1. The zero-order chi connectivity index (χ0) is 19.1. The van der Waals surface area contributed by atoms with E-state index in [9.17, 15) is 37.8 Å². The largest absolute Gasteiger partial charge is 0.478 e. The van der Waals surface area contributed by atoms with E-state index < -0.39 is 57.3 Å². The van der Waals surface area contributed by atoms with Gasteiger partial charge >= 0.3 is 18.1 Å². The molecule has 0 fully saturated rings. The number of carboxylic acid groups (broad SMARTS) is 2. The highest BCUT2D eigenvalue weighted by Gasteiger charge is 2.33. The molecule has 5 N–H and O–H groups in total. The number of aromatic amines is 1. The van der Waals surface area contributed by atoms with Gasteiger partial charge in [-0.15, -0.1) is 0 Å². The minimum absolute atomic E-state index is 0.386. The third-order valence-electron chi connectivity index (χ3n) is 3.24. The molecule has 0 saturated heterocycles. The van der Waals surface area contributed by atoms with Crippen molar-refractivity contribution < 1.29 is 33.0 Å². The predicted octanol–water partition coefficient (Wildman–Crippen LogP) is 2.69. The Morgan fingerprint density at radius 3 is 2.16 bits per heavy atom. The van der Waals surface area contributed by atoms with E-state index in [1.54, 1.807) is 0 Å². The summed E-state index contributed by atoms with van der Waals surface area (Å²) in [5.74, 6) is -4.32. The highest BCUT2D eigenvalue weighted by molar-refractivity contribution is 6.34. The van der Waals surface area contributed by atoms with Crippen molar-refractivity contribution in [3.63, 3.8) is 0 Å². The number of nitrogen functional groups attached to an aromatic ring is 1. The molecule has 1 heterocycles. The number of rotatable bonds is 3. The molecule has 1 aromatic carbocycles. The highest BCUT2D eigenvalue weighted by atomic mass is 35.5. The van der Waals surface area contributed by atoms with Crippen LogP contribution in [-0.4, -0.2) is 27.1 Å². The number of pyridine rings is 1. The van der Waals surface area contributed by atoms with Crippen molar-refractivity contribution >= 4 is 29.4 Å². The molecule has 0 saturated carbocycles. The Morgan fingerprint density at radius 1 is 1.12 bits per heavy atom. The van der Waals surface area contributed by atoms with Gasteiger partial charge in [0.1, 0.15) is 16.9 Å². The molecule has 0 atom stereocenters. The van der Waals surface area contributed by atoms with Gasteiger partial charge in [-0.2, -0.15) is 13.2 Å². The van der Waals surface area contributed by atoms with Gasteiger partial charge in [0, 0.05) is 16.1 Å². The number of anilines is 1. The first-order valence-electron chi connectivity index (χ1n) is 6.34. The van der Waals surface area contributed by atoms with Crippen LogP contribution in [0.25, 0.3) is 11.1 Å². The van der Waals surface area contributed by atoms with Gasteiger partial charge in [-0.05, 0) is 18.2 Å². The van der Waals surface area contributed by atoms with Gasteiger partial charge in [0.15, 0.2) is 0 Å². The van der Waals surface area contributed by atoms with Crippen LogP contribution < -0.4 is 11.3 Å². The Balaban J connectivity index is 3.03. The van der Waals surface area contributed by atoms with Crippen molar-refractivity contribution in [3.05, 3.63) is 50.3 Å². The molecule has 0 bridgehead atoms. The number of H-pyrrole nitrogens is 1. The number of carboxylic acids is 2. The Morgan fingerprint density at radius 2 is 1.68 bits per heavy atom. The van der Waals surface area contributed by atoms with Gasteiger partial charge in [0.2, 0.25) is 0 Å². The second-order valence-corrected chi connectivity index (χ2v) is 5.20. The number of hydrogen-bond donors (Lipinski definition) is 4. The average Bonchev–Trinajstić information content (AvgIpc) is 2.44. The third-order valence-corrected chi connectivity index (χ3v) is 3.56. The van der Waals surface area contributed by atoms with Crippen LogP contribution in [0.15, 0.2) is 23.0 Å². The minimum Gasteiger partial charge on any atom is -0.478 e. The molecule has 7 nitrogen and oxygen atoms in total. The number of alkyl halides is 3. The van der Waals surface area contributed by atoms with Crippen molar-refractivity contribution in [1.82, 2.24) is 4.98 Å². The Bertz CT molecular complexity index is 953. The van der Waals surface area contributed by atoms with Crippen LogP contribution in [-0.2, 0) is 6.18 Å². The molecule has 132 valence electrons. The lowest BCUT2D eigenvalue weighted by Gasteiger charge is -2.15. The Kier molecular flexibility index (Phi) is 4.49. The monoisotopic (exact) mass is 376 g/mol. The number of nitrogens with one attached hydrogen (secondary N) is 1. The van der Waals surface area contributed by atoms with E-state index in [-0.39, 0.29) is 5.02 Å². The minimum atomic E-state index is -4.81. The molecule has 2 aromatic rings. The van der Waals surface area contributed by atoms with Crippen LogP contribution in [0.4, 0.5) is 19.0 Å². The molecule has 0 aliphatic carbocycles. The second kappa shape index (κ2) is 6.13. The fourth-order valence-corrected chi connectivity index (χ4v) is 2.42. The van der Waals surface area contributed by atoms with Crippen molar-refractivity contribution in [2.24, 2.45) is 0 Å². The maximum atomic E-state index is 12.9. The van der Waals surface area contributed by atoms with Crippen molar-refractivity contribution in [2.45, 2.75) is 6.18 Å². The number of carbonyl (C=O) groups is 2. The number of benzene rings is 1. The van der Waals surface area contributed by atoms with Gasteiger partial charge in [0.05, 0.1) is 5.56 Å². The van der Waals surface area contributed by atoms with E-state index in [1.807, 2.05) is 4.98 Å². The van der Waals surface area contributed by atoms with E-state index >= 15 is 0 Å². The molecule has 0 aliphatic rings. The van der Waals surface area contributed by atoms with Gasteiger partial charge in [-0.1, -0.05) is 11.6 Å². The van der Waals surface area contributed by atoms with Crippen LogP contribution in [0.1, 0.15) is 26.3 Å². The first-order valence-corrected chi connectivity index (χ1v) is 6.72. The van der Waals surface area contributed by atoms with Crippen LogP contribution in [0.3, 0.4) is 0 Å². The van der Waals surface area contributed by atoms with Gasteiger partial charge in [-0.3, -0.25) is 4.79 Å². The quantitative estimate of drug-likeness (QED) is 0.650. The van der Waals surface area contributed by atoms with Gasteiger partial charge in [0.25, 0.3) is 5.56 Å². The summed E-state index contributed by atoms with van der Waals surface area (Å²) < 4.78 is 38.8. The highest BCUT2D eigenvalue weighted by Crippen LogP contribution is 2.38. The number of halogens is 4. The van der Waals surface area contributed by atoms with Gasteiger partial charge < -0.3 is 20.9 Å². The van der Waals surface area contributed by atoms with E-state index in [2.05, 4.69) is 0 Å². The first-order chi connectivity index (χ1) is 11.4. The molecule has 0 amide bonds. The average molecular weight is 377 g/mol. The summed E-state index contributed by atoms with van der Waals surface area (Å²) in [5.41, 5.74) is -0.448. The van der Waals surface area contributed by atoms with Crippen LogP contribution in [0.2, 0.25) is 5.02 Å². The molecule has 0 unspecified atom stereocenters. The smallest absolute Gasteiger partial charge is 0.416 e. The predicted molar refractivity (Wildman–Crippen MR) is 80.8 cm³/mol. The van der Waals surface area contributed by atoms with Crippen molar-refractivity contribution in [2.75, 3.05) is 5.73 Å². The molecule has 0 radical (unpaired) electrons. The molecular weight excluding hydrogens is 369 g/mol. The van der Waals surface area contributed by atoms with E-state index in [0.717, 1.165) is 6.07 Å². The maximum absolute atomic E-state index is 12.9. The topological polar surface area (TPSA) is 133 Å². The summed E-state index contributed by atoms with van der Waals surface area (Å²) >= 11 is 5.83. The fraction of sp³-hybridized carbons (Fsp3) is 0.0714. The Hall–Kier alpha value is -3.01. The summed E-state index contributed by atoms with van der Waals surface area (Å²) in [7, 11) is 0. The van der Waals surface area contributed by atoms with Gasteiger partial charge in [-0.25, -0.2) is 9.59 Å². The van der Waals surface area contributed by atoms with Crippen molar-refractivity contribution in [1.29, 1.82) is 0 Å². The molecular formula is C14H8ClF3N2O5. The van der Waals surface area contributed by atoms with E-state index in [4.69, 9.17) is 17.3 Å². The first kappa shape index (κ1) is 18.3. The zero-order valence-corrected chi connectivity index (χ0v) is 12.7. The standard InChI is InChI=1S/C14H8ClF3N2O5/c15-6-2-1-4(14(16,17)18)3-5(6)7-8(12(22)23)10(19)20-11(21)9(7)13(24)25/h1-3H,(H,22,23)(H,24,25)(H3,19,20,21).